The molecule has 108 valence electrons. The minimum absolute atomic E-state index is 0.00259. The smallest absolute Gasteiger partial charge is 0.237 e. The van der Waals surface area contributed by atoms with Crippen molar-refractivity contribution in [1.29, 1.82) is 0 Å². The molecule has 3 atom stereocenters. The highest BCUT2D eigenvalue weighted by Gasteiger charge is 2.39. The van der Waals surface area contributed by atoms with Crippen molar-refractivity contribution in [3.63, 3.8) is 0 Å². The maximum atomic E-state index is 11.8. The van der Waals surface area contributed by atoms with E-state index in [0.29, 0.717) is 18.5 Å². The van der Waals surface area contributed by atoms with E-state index in [1.807, 2.05) is 0 Å². The molecule has 1 aliphatic carbocycles. The van der Waals surface area contributed by atoms with Gasteiger partial charge >= 0.3 is 0 Å². The van der Waals surface area contributed by atoms with Gasteiger partial charge in [-0.25, -0.2) is 5.43 Å². The zero-order chi connectivity index (χ0) is 13.7. The molecule has 0 bridgehead atoms. The summed E-state index contributed by atoms with van der Waals surface area (Å²) in [5.41, 5.74) is 5.91. The number of fused-ring (bicyclic) bond motifs is 1. The Bertz CT molecular complexity index is 335. The fraction of sp³-hybridized carbons (Fsp3) is 0.846. The lowest BCUT2D eigenvalue weighted by Gasteiger charge is -2.41. The van der Waals surface area contributed by atoms with Crippen molar-refractivity contribution in [2.24, 2.45) is 11.8 Å². The molecule has 0 aromatic heterocycles. The van der Waals surface area contributed by atoms with Gasteiger partial charge in [0, 0.05) is 38.5 Å². The van der Waals surface area contributed by atoms with Gasteiger partial charge < -0.3 is 10.6 Å². The maximum absolute atomic E-state index is 11.8. The molecule has 3 unspecified atom stereocenters. The number of nitrogens with one attached hydrogen (secondary N) is 4. The van der Waals surface area contributed by atoms with Gasteiger partial charge in [-0.2, -0.15) is 0 Å². The van der Waals surface area contributed by atoms with Crippen LogP contribution in [0, 0.1) is 11.8 Å². The lowest BCUT2D eigenvalue weighted by molar-refractivity contribution is -0.133. The molecule has 1 saturated heterocycles. The van der Waals surface area contributed by atoms with E-state index in [0.717, 1.165) is 32.4 Å². The van der Waals surface area contributed by atoms with E-state index in [-0.39, 0.29) is 17.7 Å². The molecule has 6 heteroatoms. The Hall–Kier alpha value is -1.14. The number of carbonyl (C=O) groups is 2. The van der Waals surface area contributed by atoms with Crippen molar-refractivity contribution in [3.8, 4) is 0 Å². The van der Waals surface area contributed by atoms with Gasteiger partial charge in [-0.3, -0.25) is 15.0 Å². The summed E-state index contributed by atoms with van der Waals surface area (Å²) in [7, 11) is 0. The first-order valence-electron chi connectivity index (χ1n) is 7.19. The van der Waals surface area contributed by atoms with Crippen molar-refractivity contribution >= 4 is 11.8 Å². The quantitative estimate of drug-likeness (QED) is 0.508. The SMILES string of the molecule is CC(=O)NCCNCC1NNC(=O)C2CCCCC12. The van der Waals surface area contributed by atoms with Crippen LogP contribution in [0.25, 0.3) is 0 Å². The monoisotopic (exact) mass is 268 g/mol. The second-order valence-electron chi connectivity index (χ2n) is 5.48. The highest BCUT2D eigenvalue weighted by atomic mass is 16.2. The summed E-state index contributed by atoms with van der Waals surface area (Å²) in [5, 5.41) is 6.08. The van der Waals surface area contributed by atoms with E-state index in [1.165, 1.54) is 13.3 Å². The Labute approximate surface area is 114 Å². The third-order valence-electron chi connectivity index (χ3n) is 4.09. The van der Waals surface area contributed by atoms with Crippen molar-refractivity contribution in [3.05, 3.63) is 0 Å². The first-order valence-corrected chi connectivity index (χ1v) is 7.19. The van der Waals surface area contributed by atoms with Gasteiger partial charge in [0.05, 0.1) is 0 Å². The molecule has 1 saturated carbocycles. The Morgan fingerprint density at radius 3 is 2.89 bits per heavy atom. The predicted octanol–water partition coefficient (Wildman–Crippen LogP) is -0.478. The minimum Gasteiger partial charge on any atom is -0.355 e. The molecule has 6 nitrogen and oxygen atoms in total. The molecule has 2 amide bonds. The molecule has 19 heavy (non-hydrogen) atoms. The van der Waals surface area contributed by atoms with E-state index in [2.05, 4.69) is 21.5 Å². The van der Waals surface area contributed by atoms with Crippen LogP contribution in [0.15, 0.2) is 0 Å². The first-order chi connectivity index (χ1) is 9.18. The zero-order valence-corrected chi connectivity index (χ0v) is 11.5. The predicted molar refractivity (Wildman–Crippen MR) is 72.1 cm³/mol. The van der Waals surface area contributed by atoms with E-state index < -0.39 is 0 Å². The van der Waals surface area contributed by atoms with E-state index in [4.69, 9.17) is 0 Å². The lowest BCUT2D eigenvalue weighted by atomic mass is 9.74. The van der Waals surface area contributed by atoms with Crippen molar-refractivity contribution < 1.29 is 9.59 Å². The van der Waals surface area contributed by atoms with Crippen LogP contribution >= 0.6 is 0 Å². The normalized spacial score (nSPS) is 30.4. The average molecular weight is 268 g/mol. The van der Waals surface area contributed by atoms with Crippen LogP contribution < -0.4 is 21.5 Å². The number of hydrogen-bond donors (Lipinski definition) is 4. The molecule has 1 heterocycles. The molecular weight excluding hydrogens is 244 g/mol. The molecule has 0 radical (unpaired) electrons. The average Bonchev–Trinajstić information content (AvgIpc) is 2.41. The number of hydrazine groups is 1. The Morgan fingerprint density at radius 2 is 2.11 bits per heavy atom. The molecule has 0 aromatic rings. The number of carbonyl (C=O) groups excluding carboxylic acids is 2. The minimum atomic E-state index is -0.00259. The molecule has 2 fully saturated rings. The molecule has 0 aromatic carbocycles. The van der Waals surface area contributed by atoms with Crippen LogP contribution in [0.3, 0.4) is 0 Å². The van der Waals surface area contributed by atoms with Crippen LogP contribution in [-0.2, 0) is 9.59 Å². The van der Waals surface area contributed by atoms with Gasteiger partial charge in [-0.15, -0.1) is 0 Å². The molecule has 0 spiro atoms. The second-order valence-corrected chi connectivity index (χ2v) is 5.48. The number of rotatable bonds is 5. The van der Waals surface area contributed by atoms with Crippen LogP contribution in [0.4, 0.5) is 0 Å². The molecule has 2 rings (SSSR count). The fourth-order valence-electron chi connectivity index (χ4n) is 3.12. The number of amides is 2. The highest BCUT2D eigenvalue weighted by molar-refractivity contribution is 5.79. The summed E-state index contributed by atoms with van der Waals surface area (Å²) >= 11 is 0. The summed E-state index contributed by atoms with van der Waals surface area (Å²) in [4.78, 5) is 22.5. The van der Waals surface area contributed by atoms with Gasteiger partial charge in [0.15, 0.2) is 0 Å². The lowest BCUT2D eigenvalue weighted by Crippen LogP contribution is -2.62. The van der Waals surface area contributed by atoms with E-state index in [9.17, 15) is 9.59 Å². The van der Waals surface area contributed by atoms with Crippen molar-refractivity contribution in [1.82, 2.24) is 21.5 Å². The van der Waals surface area contributed by atoms with Gasteiger partial charge in [0.2, 0.25) is 11.8 Å². The van der Waals surface area contributed by atoms with Crippen LogP contribution in [-0.4, -0.2) is 37.5 Å². The van der Waals surface area contributed by atoms with Crippen LogP contribution in [0.1, 0.15) is 32.6 Å². The highest BCUT2D eigenvalue weighted by Crippen LogP contribution is 2.33. The number of hydrogen-bond acceptors (Lipinski definition) is 4. The summed E-state index contributed by atoms with van der Waals surface area (Å²) in [6.45, 7) is 3.73. The summed E-state index contributed by atoms with van der Waals surface area (Å²) in [5.74, 6) is 0.768. The zero-order valence-electron chi connectivity index (χ0n) is 11.5. The summed E-state index contributed by atoms with van der Waals surface area (Å²) in [6.07, 6.45) is 4.53. The Balaban J connectivity index is 1.73. The largest absolute Gasteiger partial charge is 0.355 e. The van der Waals surface area contributed by atoms with Gasteiger partial charge in [-0.05, 0) is 18.8 Å². The van der Waals surface area contributed by atoms with E-state index >= 15 is 0 Å². The van der Waals surface area contributed by atoms with Gasteiger partial charge in [0.25, 0.3) is 0 Å². The summed E-state index contributed by atoms with van der Waals surface area (Å²) < 4.78 is 0. The maximum Gasteiger partial charge on any atom is 0.237 e. The molecule has 1 aliphatic heterocycles. The first kappa shape index (κ1) is 14.3. The van der Waals surface area contributed by atoms with Crippen LogP contribution in [0.2, 0.25) is 0 Å². The van der Waals surface area contributed by atoms with E-state index in [1.54, 1.807) is 0 Å². The fourth-order valence-corrected chi connectivity index (χ4v) is 3.12. The van der Waals surface area contributed by atoms with Crippen LogP contribution in [0.5, 0.6) is 0 Å². The van der Waals surface area contributed by atoms with Crippen molar-refractivity contribution in [2.45, 2.75) is 38.6 Å². The van der Waals surface area contributed by atoms with Crippen molar-refractivity contribution in [2.75, 3.05) is 19.6 Å². The molecule has 4 N–H and O–H groups in total. The topological polar surface area (TPSA) is 82.3 Å². The Morgan fingerprint density at radius 1 is 1.32 bits per heavy atom. The van der Waals surface area contributed by atoms with Gasteiger partial charge in [-0.1, -0.05) is 12.8 Å². The third kappa shape index (κ3) is 3.91. The second kappa shape index (κ2) is 6.86. The summed E-state index contributed by atoms with van der Waals surface area (Å²) in [6, 6.07) is 0.292. The van der Waals surface area contributed by atoms with Gasteiger partial charge in [0.1, 0.15) is 0 Å². The molecule has 2 aliphatic rings. The standard InChI is InChI=1S/C13H24N4O2/c1-9(18)15-7-6-14-8-12-10-4-2-3-5-11(10)13(19)17-16-12/h10-12,14,16H,2-8H2,1H3,(H,15,18)(H,17,19). The molecular formula is C13H24N4O2. The third-order valence-corrected chi connectivity index (χ3v) is 4.09. The Kier molecular flexibility index (Phi) is 5.15.